The minimum atomic E-state index is -0.343. The van der Waals surface area contributed by atoms with Crippen LogP contribution in [0.25, 0.3) is 0 Å². The highest BCUT2D eigenvalue weighted by molar-refractivity contribution is 7.09. The van der Waals surface area contributed by atoms with Crippen molar-refractivity contribution in [2.45, 2.75) is 19.1 Å². The summed E-state index contributed by atoms with van der Waals surface area (Å²) in [5, 5.41) is 3.15. The first-order valence-electron chi connectivity index (χ1n) is 5.41. The summed E-state index contributed by atoms with van der Waals surface area (Å²) in [5.41, 5.74) is 0.865. The Hall–Kier alpha value is -0.490. The number of nitrogens with zero attached hydrogens (tertiary/aromatic N) is 1. The van der Waals surface area contributed by atoms with Crippen LogP contribution in [0.15, 0.2) is 5.38 Å². The molecule has 4 nitrogen and oxygen atoms in total. The first-order chi connectivity index (χ1) is 7.83. The largest absolute Gasteiger partial charge is 0.381 e. The molecule has 0 N–H and O–H groups in total. The van der Waals surface area contributed by atoms with Gasteiger partial charge < -0.3 is 14.2 Å². The Morgan fingerprint density at radius 2 is 2.38 bits per heavy atom. The highest BCUT2D eigenvalue weighted by Crippen LogP contribution is 2.24. The van der Waals surface area contributed by atoms with E-state index in [1.54, 1.807) is 25.6 Å². The van der Waals surface area contributed by atoms with Gasteiger partial charge in [0.2, 0.25) is 6.29 Å². The van der Waals surface area contributed by atoms with E-state index in [-0.39, 0.29) is 6.29 Å². The maximum atomic E-state index is 5.35. The zero-order valence-electron chi connectivity index (χ0n) is 9.64. The van der Waals surface area contributed by atoms with Crippen LogP contribution >= 0.6 is 11.3 Å². The van der Waals surface area contributed by atoms with Crippen LogP contribution in [0.2, 0.25) is 0 Å². The van der Waals surface area contributed by atoms with Crippen LogP contribution in [0.4, 0.5) is 0 Å². The van der Waals surface area contributed by atoms with E-state index in [1.807, 2.05) is 5.38 Å². The fourth-order valence-electron chi connectivity index (χ4n) is 1.86. The number of methoxy groups -OCH3 is 2. The van der Waals surface area contributed by atoms with Crippen molar-refractivity contribution in [2.75, 3.05) is 27.4 Å². The zero-order valence-corrected chi connectivity index (χ0v) is 10.5. The van der Waals surface area contributed by atoms with Crippen LogP contribution in [0.1, 0.15) is 23.4 Å². The van der Waals surface area contributed by atoms with Crippen molar-refractivity contribution in [1.82, 2.24) is 4.98 Å². The van der Waals surface area contributed by atoms with Crippen LogP contribution in [-0.4, -0.2) is 32.4 Å². The van der Waals surface area contributed by atoms with Crippen LogP contribution < -0.4 is 0 Å². The lowest BCUT2D eigenvalue weighted by molar-refractivity contribution is -0.108. The molecule has 1 aromatic heterocycles. The number of hydrogen-bond donors (Lipinski definition) is 0. The molecule has 2 rings (SSSR count). The second-order valence-electron chi connectivity index (χ2n) is 3.90. The van der Waals surface area contributed by atoms with E-state index >= 15 is 0 Å². The zero-order chi connectivity index (χ0) is 11.4. The fraction of sp³-hybridized carbons (Fsp3) is 0.727. The predicted octanol–water partition coefficient (Wildman–Crippen LogP) is 2.01. The third kappa shape index (κ3) is 2.79. The summed E-state index contributed by atoms with van der Waals surface area (Å²) in [5.74, 6) is 0.627. The van der Waals surface area contributed by atoms with Crippen molar-refractivity contribution in [2.24, 2.45) is 5.92 Å². The molecule has 16 heavy (non-hydrogen) atoms. The summed E-state index contributed by atoms with van der Waals surface area (Å²) in [6, 6.07) is 0. The van der Waals surface area contributed by atoms with Gasteiger partial charge in [-0.1, -0.05) is 0 Å². The Kier molecular flexibility index (Phi) is 4.29. The number of thiazole rings is 1. The molecule has 0 aromatic carbocycles. The third-order valence-electron chi connectivity index (χ3n) is 2.73. The summed E-state index contributed by atoms with van der Waals surface area (Å²) in [6.45, 7) is 1.76. The smallest absolute Gasteiger partial charge is 0.201 e. The monoisotopic (exact) mass is 243 g/mol. The average Bonchev–Trinajstić information content (AvgIpc) is 2.93. The molecule has 0 radical (unpaired) electrons. The molecule has 2 heterocycles. The molecule has 1 unspecified atom stereocenters. The molecule has 0 bridgehead atoms. The van der Waals surface area contributed by atoms with E-state index in [9.17, 15) is 0 Å². The normalized spacial score (nSPS) is 20.8. The maximum absolute atomic E-state index is 5.35. The van der Waals surface area contributed by atoms with Gasteiger partial charge in [0.25, 0.3) is 0 Å². The molecule has 1 aromatic rings. The van der Waals surface area contributed by atoms with E-state index in [0.717, 1.165) is 36.8 Å². The molecule has 90 valence electrons. The Labute approximate surface area is 99.5 Å². The minimum absolute atomic E-state index is 0.343. The average molecular weight is 243 g/mol. The van der Waals surface area contributed by atoms with Gasteiger partial charge in [-0.15, -0.1) is 11.3 Å². The summed E-state index contributed by atoms with van der Waals surface area (Å²) in [4.78, 5) is 4.53. The summed E-state index contributed by atoms with van der Waals surface area (Å²) >= 11 is 1.67. The van der Waals surface area contributed by atoms with Gasteiger partial charge in [-0.25, -0.2) is 4.98 Å². The van der Waals surface area contributed by atoms with Gasteiger partial charge in [0.05, 0.1) is 5.01 Å². The molecule has 1 atom stereocenters. The van der Waals surface area contributed by atoms with E-state index in [4.69, 9.17) is 14.2 Å². The van der Waals surface area contributed by atoms with Crippen LogP contribution in [0.5, 0.6) is 0 Å². The molecular weight excluding hydrogens is 226 g/mol. The number of rotatable bonds is 5. The Morgan fingerprint density at radius 1 is 1.56 bits per heavy atom. The molecule has 0 spiro atoms. The molecule has 5 heteroatoms. The molecule has 1 aliphatic rings. The van der Waals surface area contributed by atoms with Gasteiger partial charge in [0.1, 0.15) is 5.69 Å². The Morgan fingerprint density at radius 3 is 3.00 bits per heavy atom. The Bertz CT molecular complexity index is 319. The standard InChI is InChI=1S/C11H17NO3S/c1-13-11(14-2)9-7-16-10(12-9)5-8-3-4-15-6-8/h7-8,11H,3-6H2,1-2H3. The fourth-order valence-corrected chi connectivity index (χ4v) is 2.77. The number of ether oxygens (including phenoxy) is 3. The number of aromatic nitrogens is 1. The highest BCUT2D eigenvalue weighted by Gasteiger charge is 2.19. The number of hydrogen-bond acceptors (Lipinski definition) is 5. The lowest BCUT2D eigenvalue weighted by Crippen LogP contribution is -2.06. The first kappa shape index (κ1) is 12.0. The SMILES string of the molecule is COC(OC)c1csc(CC2CCOC2)n1. The highest BCUT2D eigenvalue weighted by atomic mass is 32.1. The van der Waals surface area contributed by atoms with Crippen LogP contribution in [-0.2, 0) is 20.6 Å². The maximum Gasteiger partial charge on any atom is 0.201 e. The summed E-state index contributed by atoms with van der Waals surface area (Å²) in [6.07, 6.45) is 1.81. The van der Waals surface area contributed by atoms with Gasteiger partial charge in [-0.05, 0) is 12.3 Å². The molecule has 1 aliphatic heterocycles. The van der Waals surface area contributed by atoms with Gasteiger partial charge in [-0.3, -0.25) is 0 Å². The minimum Gasteiger partial charge on any atom is -0.381 e. The second-order valence-corrected chi connectivity index (χ2v) is 4.85. The lowest BCUT2D eigenvalue weighted by atomic mass is 10.1. The van der Waals surface area contributed by atoms with Gasteiger partial charge in [-0.2, -0.15) is 0 Å². The van der Waals surface area contributed by atoms with Crippen molar-refractivity contribution in [3.63, 3.8) is 0 Å². The lowest BCUT2D eigenvalue weighted by Gasteiger charge is -2.09. The van der Waals surface area contributed by atoms with E-state index < -0.39 is 0 Å². The van der Waals surface area contributed by atoms with E-state index in [0.29, 0.717) is 5.92 Å². The van der Waals surface area contributed by atoms with Crippen molar-refractivity contribution in [1.29, 1.82) is 0 Å². The summed E-state index contributed by atoms with van der Waals surface area (Å²) < 4.78 is 15.7. The van der Waals surface area contributed by atoms with Crippen molar-refractivity contribution < 1.29 is 14.2 Å². The van der Waals surface area contributed by atoms with Crippen molar-refractivity contribution >= 4 is 11.3 Å². The second kappa shape index (κ2) is 5.72. The molecular formula is C11H17NO3S. The third-order valence-corrected chi connectivity index (χ3v) is 3.62. The van der Waals surface area contributed by atoms with Crippen LogP contribution in [0.3, 0.4) is 0 Å². The molecule has 1 fully saturated rings. The van der Waals surface area contributed by atoms with E-state index in [2.05, 4.69) is 4.98 Å². The van der Waals surface area contributed by atoms with Gasteiger partial charge in [0.15, 0.2) is 0 Å². The predicted molar refractivity (Wildman–Crippen MR) is 61.5 cm³/mol. The van der Waals surface area contributed by atoms with Gasteiger partial charge >= 0.3 is 0 Å². The molecule has 1 saturated heterocycles. The van der Waals surface area contributed by atoms with Crippen LogP contribution in [0, 0.1) is 5.92 Å². The molecule has 0 amide bonds. The molecule has 0 saturated carbocycles. The molecule has 0 aliphatic carbocycles. The van der Waals surface area contributed by atoms with Crippen molar-refractivity contribution in [3.05, 3.63) is 16.1 Å². The van der Waals surface area contributed by atoms with Crippen molar-refractivity contribution in [3.8, 4) is 0 Å². The topological polar surface area (TPSA) is 40.6 Å². The first-order valence-corrected chi connectivity index (χ1v) is 6.29. The summed E-state index contributed by atoms with van der Waals surface area (Å²) in [7, 11) is 3.25. The van der Waals surface area contributed by atoms with E-state index in [1.165, 1.54) is 0 Å². The quantitative estimate of drug-likeness (QED) is 0.742. The Balaban J connectivity index is 1.95. The van der Waals surface area contributed by atoms with Gasteiger partial charge in [0, 0.05) is 39.2 Å².